The summed E-state index contributed by atoms with van der Waals surface area (Å²) >= 11 is 0. The Hall–Kier alpha value is -3.19. The second-order valence-corrected chi connectivity index (χ2v) is 8.69. The molecule has 0 radical (unpaired) electrons. The van der Waals surface area contributed by atoms with Crippen LogP contribution in [0.15, 0.2) is 35.6 Å². The van der Waals surface area contributed by atoms with E-state index in [0.29, 0.717) is 24.7 Å². The minimum Gasteiger partial charge on any atom is -0.486 e. The van der Waals surface area contributed by atoms with Gasteiger partial charge in [-0.2, -0.15) is 4.31 Å². The highest BCUT2D eigenvalue weighted by atomic mass is 32.2. The first-order chi connectivity index (χ1) is 14.3. The van der Waals surface area contributed by atoms with Gasteiger partial charge in [-0.15, -0.1) is 0 Å². The summed E-state index contributed by atoms with van der Waals surface area (Å²) in [5.74, 6) is 0.303. The Morgan fingerprint density at radius 3 is 2.50 bits per heavy atom. The number of sulfonamides is 1. The van der Waals surface area contributed by atoms with Crippen LogP contribution in [0.3, 0.4) is 0 Å². The van der Waals surface area contributed by atoms with Crippen molar-refractivity contribution in [2.24, 2.45) is 0 Å². The first-order valence-electron chi connectivity index (χ1n) is 9.18. The number of hydrogen-bond acceptors (Lipinski definition) is 8. The molecule has 0 unspecified atom stereocenters. The molecule has 0 aliphatic carbocycles. The molecule has 13 heteroatoms. The predicted octanol–water partition coefficient (Wildman–Crippen LogP) is 0.0956. The molecule has 2 aromatic rings. The fourth-order valence-electron chi connectivity index (χ4n) is 3.30. The zero-order valence-electron chi connectivity index (χ0n) is 15.8. The van der Waals surface area contributed by atoms with Gasteiger partial charge >= 0.3 is 5.82 Å². The number of aromatic nitrogens is 2. The van der Waals surface area contributed by atoms with Crippen LogP contribution in [0.25, 0.3) is 0 Å². The molecule has 160 valence electrons. The number of amides is 1. The molecule has 1 amide bonds. The first kappa shape index (κ1) is 20.1. The van der Waals surface area contributed by atoms with E-state index in [1.54, 1.807) is 6.07 Å². The van der Waals surface area contributed by atoms with Crippen molar-refractivity contribution in [3.63, 3.8) is 0 Å². The molecular formula is C17H19N5O7S. The summed E-state index contributed by atoms with van der Waals surface area (Å²) in [6.45, 7) is 1.41. The number of piperazine rings is 1. The monoisotopic (exact) mass is 437 g/mol. The van der Waals surface area contributed by atoms with Crippen molar-refractivity contribution in [2.45, 2.75) is 11.4 Å². The maximum absolute atomic E-state index is 13.0. The summed E-state index contributed by atoms with van der Waals surface area (Å²) in [6.07, 6.45) is 2.40. The van der Waals surface area contributed by atoms with Gasteiger partial charge in [0, 0.05) is 32.2 Å². The second-order valence-electron chi connectivity index (χ2n) is 6.75. The molecule has 1 aromatic carbocycles. The van der Waals surface area contributed by atoms with E-state index in [1.165, 1.54) is 38.4 Å². The Kier molecular flexibility index (Phi) is 5.30. The van der Waals surface area contributed by atoms with Gasteiger partial charge in [-0.05, 0) is 22.0 Å². The quantitative estimate of drug-likeness (QED) is 0.474. The van der Waals surface area contributed by atoms with E-state index in [0.717, 1.165) is 0 Å². The fraction of sp³-hybridized carbons (Fsp3) is 0.412. The minimum atomic E-state index is -3.74. The number of nitro groups is 1. The third kappa shape index (κ3) is 3.93. The van der Waals surface area contributed by atoms with Crippen molar-refractivity contribution >= 4 is 21.7 Å². The molecular weight excluding hydrogens is 418 g/mol. The maximum atomic E-state index is 13.0. The summed E-state index contributed by atoms with van der Waals surface area (Å²) < 4.78 is 39.4. The SMILES string of the molecule is O=C(Cn1cnc([N+](=O)[O-])c1)N1CCN(S(=O)(=O)c2ccc3c(c2)OCCO3)CC1. The molecule has 30 heavy (non-hydrogen) atoms. The summed E-state index contributed by atoms with van der Waals surface area (Å²) in [5, 5.41) is 10.7. The second kappa shape index (κ2) is 7.91. The summed E-state index contributed by atoms with van der Waals surface area (Å²) in [4.78, 5) is 27.7. The van der Waals surface area contributed by atoms with Crippen LogP contribution in [0.2, 0.25) is 0 Å². The number of ether oxygens (including phenoxy) is 2. The lowest BCUT2D eigenvalue weighted by molar-refractivity contribution is -0.389. The largest absolute Gasteiger partial charge is 0.486 e. The lowest BCUT2D eigenvalue weighted by Gasteiger charge is -2.34. The van der Waals surface area contributed by atoms with E-state index in [9.17, 15) is 23.3 Å². The van der Waals surface area contributed by atoms with Gasteiger partial charge in [0.1, 0.15) is 26.0 Å². The predicted molar refractivity (Wildman–Crippen MR) is 102 cm³/mol. The highest BCUT2D eigenvalue weighted by Crippen LogP contribution is 2.33. The summed E-state index contributed by atoms with van der Waals surface area (Å²) in [7, 11) is -3.74. The number of rotatable bonds is 5. The van der Waals surface area contributed by atoms with Gasteiger partial charge in [0.25, 0.3) is 0 Å². The maximum Gasteiger partial charge on any atom is 0.381 e. The van der Waals surface area contributed by atoms with E-state index >= 15 is 0 Å². The fourth-order valence-corrected chi connectivity index (χ4v) is 4.73. The Morgan fingerprint density at radius 1 is 1.13 bits per heavy atom. The number of benzene rings is 1. The Balaban J connectivity index is 1.38. The smallest absolute Gasteiger partial charge is 0.381 e. The van der Waals surface area contributed by atoms with Crippen LogP contribution in [0.4, 0.5) is 5.82 Å². The van der Waals surface area contributed by atoms with Crippen LogP contribution in [-0.2, 0) is 21.4 Å². The van der Waals surface area contributed by atoms with E-state index < -0.39 is 14.9 Å². The molecule has 1 fully saturated rings. The van der Waals surface area contributed by atoms with Gasteiger partial charge in [0.2, 0.25) is 22.3 Å². The van der Waals surface area contributed by atoms with Crippen LogP contribution in [-0.4, -0.2) is 77.4 Å². The molecule has 4 rings (SSSR count). The third-order valence-corrected chi connectivity index (χ3v) is 6.76. The van der Waals surface area contributed by atoms with Crippen molar-refractivity contribution in [3.8, 4) is 11.5 Å². The highest BCUT2D eigenvalue weighted by Gasteiger charge is 2.31. The van der Waals surface area contributed by atoms with Crippen molar-refractivity contribution in [2.75, 3.05) is 39.4 Å². The standard InChI is InChI=1S/C17H19N5O7S/c23-17(11-19-10-16(18-12-19)22(24)25)20-3-5-21(6-4-20)30(26,27)13-1-2-14-15(9-13)29-8-7-28-14/h1-2,9-10,12H,3-8,11H2. The molecule has 2 aliphatic heterocycles. The molecule has 2 aliphatic rings. The molecule has 3 heterocycles. The number of carbonyl (C=O) groups is 1. The molecule has 0 N–H and O–H groups in total. The summed E-state index contributed by atoms with van der Waals surface area (Å²) in [6, 6.07) is 4.51. The van der Waals surface area contributed by atoms with Crippen molar-refractivity contribution < 1.29 is 27.6 Å². The molecule has 0 atom stereocenters. The van der Waals surface area contributed by atoms with Gasteiger partial charge in [-0.3, -0.25) is 4.79 Å². The zero-order chi connectivity index (χ0) is 21.3. The lowest BCUT2D eigenvalue weighted by Crippen LogP contribution is -2.51. The van der Waals surface area contributed by atoms with Gasteiger partial charge in [0.05, 0.1) is 4.90 Å². The zero-order valence-corrected chi connectivity index (χ0v) is 16.7. The number of imidazole rings is 1. The molecule has 12 nitrogen and oxygen atoms in total. The van der Waals surface area contributed by atoms with Crippen molar-refractivity contribution in [1.82, 2.24) is 18.8 Å². The number of nitrogens with zero attached hydrogens (tertiary/aromatic N) is 5. The van der Waals surface area contributed by atoms with Crippen LogP contribution >= 0.6 is 0 Å². The number of fused-ring (bicyclic) bond motifs is 1. The highest BCUT2D eigenvalue weighted by molar-refractivity contribution is 7.89. The van der Waals surface area contributed by atoms with Gasteiger partial charge in [-0.1, -0.05) is 0 Å². The first-order valence-corrected chi connectivity index (χ1v) is 10.6. The average molecular weight is 437 g/mol. The average Bonchev–Trinajstić information content (AvgIpc) is 3.22. The third-order valence-electron chi connectivity index (χ3n) is 4.87. The Morgan fingerprint density at radius 2 is 1.83 bits per heavy atom. The van der Waals surface area contributed by atoms with Crippen LogP contribution in [0.1, 0.15) is 0 Å². The van der Waals surface area contributed by atoms with Crippen LogP contribution < -0.4 is 9.47 Å². The minimum absolute atomic E-state index is 0.101. The van der Waals surface area contributed by atoms with Crippen molar-refractivity contribution in [3.05, 3.63) is 40.8 Å². The van der Waals surface area contributed by atoms with Gasteiger partial charge < -0.3 is 29.1 Å². The Labute approximate surface area is 171 Å². The van der Waals surface area contributed by atoms with E-state index in [1.807, 2.05) is 0 Å². The molecule has 1 aromatic heterocycles. The lowest BCUT2D eigenvalue weighted by atomic mass is 10.3. The Bertz CT molecular complexity index is 1080. The van der Waals surface area contributed by atoms with Gasteiger partial charge in [0.15, 0.2) is 11.5 Å². The van der Waals surface area contributed by atoms with Crippen LogP contribution in [0, 0.1) is 10.1 Å². The van der Waals surface area contributed by atoms with Crippen molar-refractivity contribution in [1.29, 1.82) is 0 Å². The van der Waals surface area contributed by atoms with Gasteiger partial charge in [-0.25, -0.2) is 8.42 Å². The molecule has 0 spiro atoms. The summed E-state index contributed by atoms with van der Waals surface area (Å²) in [5.41, 5.74) is 0. The number of hydrogen-bond donors (Lipinski definition) is 0. The number of carbonyl (C=O) groups excluding carboxylic acids is 1. The molecule has 0 saturated carbocycles. The normalized spacial score (nSPS) is 17.0. The molecule has 0 bridgehead atoms. The van der Waals surface area contributed by atoms with E-state index in [4.69, 9.17) is 9.47 Å². The van der Waals surface area contributed by atoms with Crippen LogP contribution in [0.5, 0.6) is 11.5 Å². The van der Waals surface area contributed by atoms with E-state index in [-0.39, 0.29) is 49.3 Å². The topological polar surface area (TPSA) is 137 Å². The molecule has 1 saturated heterocycles. The van der Waals surface area contributed by atoms with E-state index in [2.05, 4.69) is 4.98 Å².